The van der Waals surface area contributed by atoms with Crippen molar-refractivity contribution < 1.29 is 9.90 Å². The number of amides is 2. The number of hydrogen-bond donors (Lipinski definition) is 3. The van der Waals surface area contributed by atoms with Crippen molar-refractivity contribution in [1.82, 2.24) is 5.32 Å². The van der Waals surface area contributed by atoms with E-state index in [-0.39, 0.29) is 12.6 Å². The molecule has 0 saturated heterocycles. The maximum atomic E-state index is 11.8. The van der Waals surface area contributed by atoms with Crippen LogP contribution >= 0.6 is 11.6 Å². The topological polar surface area (TPSA) is 61.4 Å². The van der Waals surface area contributed by atoms with Crippen LogP contribution in [-0.2, 0) is 12.8 Å². The highest BCUT2D eigenvalue weighted by atomic mass is 35.5. The average molecular weight is 285 g/mol. The third kappa shape index (κ3) is 4.40. The molecule has 0 spiro atoms. The molecule has 0 fully saturated rings. The van der Waals surface area contributed by atoms with Crippen molar-refractivity contribution in [2.24, 2.45) is 0 Å². The minimum Gasteiger partial charge on any atom is -0.396 e. The van der Waals surface area contributed by atoms with Crippen LogP contribution in [0.4, 0.5) is 10.5 Å². The van der Waals surface area contributed by atoms with Gasteiger partial charge in [0.1, 0.15) is 0 Å². The van der Waals surface area contributed by atoms with Crippen LogP contribution in [0.5, 0.6) is 0 Å². The summed E-state index contributed by atoms with van der Waals surface area (Å²) >= 11 is 6.16. The van der Waals surface area contributed by atoms with Gasteiger partial charge in [0, 0.05) is 18.2 Å². The molecule has 106 valence electrons. The molecule has 0 bridgehead atoms. The fraction of sp³-hybridized carbons (Fsp3) is 0.500. The second-order valence-corrected chi connectivity index (χ2v) is 4.63. The van der Waals surface area contributed by atoms with Crippen molar-refractivity contribution >= 4 is 23.3 Å². The molecule has 0 saturated carbocycles. The van der Waals surface area contributed by atoms with E-state index in [0.717, 1.165) is 29.7 Å². The van der Waals surface area contributed by atoms with Crippen molar-refractivity contribution in [2.45, 2.75) is 33.1 Å². The minimum atomic E-state index is -0.264. The number of anilines is 1. The van der Waals surface area contributed by atoms with Crippen LogP contribution in [0.25, 0.3) is 0 Å². The van der Waals surface area contributed by atoms with Gasteiger partial charge >= 0.3 is 6.03 Å². The highest BCUT2D eigenvalue weighted by molar-refractivity contribution is 6.31. The van der Waals surface area contributed by atoms with Gasteiger partial charge in [-0.3, -0.25) is 0 Å². The molecule has 1 aromatic rings. The Labute approximate surface area is 119 Å². The summed E-state index contributed by atoms with van der Waals surface area (Å²) in [5.41, 5.74) is 2.83. The maximum Gasteiger partial charge on any atom is 0.319 e. The lowest BCUT2D eigenvalue weighted by atomic mass is 10.0. The van der Waals surface area contributed by atoms with Crippen molar-refractivity contribution in [3.63, 3.8) is 0 Å². The molecule has 5 heteroatoms. The molecule has 0 heterocycles. The number of nitrogens with one attached hydrogen (secondary N) is 2. The predicted molar refractivity (Wildman–Crippen MR) is 78.9 cm³/mol. The van der Waals surface area contributed by atoms with Crippen molar-refractivity contribution in [3.8, 4) is 0 Å². The SMILES string of the molecule is CCc1ccc(Cl)c(CC)c1NC(=O)NCCCO. The summed E-state index contributed by atoms with van der Waals surface area (Å²) in [5.74, 6) is 0. The normalized spacial score (nSPS) is 10.3. The van der Waals surface area contributed by atoms with Crippen LogP contribution < -0.4 is 10.6 Å². The number of aliphatic hydroxyl groups excluding tert-OH is 1. The van der Waals surface area contributed by atoms with E-state index in [4.69, 9.17) is 16.7 Å². The molecule has 0 unspecified atom stereocenters. The summed E-state index contributed by atoms with van der Waals surface area (Å²) in [6.07, 6.45) is 2.14. The Hall–Kier alpha value is -1.26. The maximum absolute atomic E-state index is 11.8. The standard InChI is InChI=1S/C14H21ClN2O2/c1-3-10-6-7-12(15)11(4-2)13(10)17-14(19)16-8-5-9-18/h6-7,18H,3-5,8-9H2,1-2H3,(H2,16,17,19). The number of aryl methyl sites for hydroxylation is 1. The van der Waals surface area contributed by atoms with E-state index in [9.17, 15) is 4.79 Å². The number of aliphatic hydroxyl groups is 1. The monoisotopic (exact) mass is 284 g/mol. The van der Waals surface area contributed by atoms with Gasteiger partial charge in [0.05, 0.1) is 5.69 Å². The molecule has 0 aliphatic carbocycles. The number of rotatable bonds is 6. The largest absolute Gasteiger partial charge is 0.396 e. The van der Waals surface area contributed by atoms with E-state index < -0.39 is 0 Å². The quantitative estimate of drug-likeness (QED) is 0.703. The minimum absolute atomic E-state index is 0.0673. The Morgan fingerprint density at radius 3 is 2.63 bits per heavy atom. The van der Waals surface area contributed by atoms with E-state index in [1.807, 2.05) is 26.0 Å². The smallest absolute Gasteiger partial charge is 0.319 e. The summed E-state index contributed by atoms with van der Waals surface area (Å²) in [5, 5.41) is 14.9. The molecule has 0 radical (unpaired) electrons. The fourth-order valence-corrected chi connectivity index (χ4v) is 2.20. The van der Waals surface area contributed by atoms with Gasteiger partial charge in [0.25, 0.3) is 0 Å². The zero-order chi connectivity index (χ0) is 14.3. The van der Waals surface area contributed by atoms with Crippen LogP contribution in [0, 0.1) is 0 Å². The molecule has 4 nitrogen and oxygen atoms in total. The second kappa shape index (κ2) is 8.02. The van der Waals surface area contributed by atoms with Gasteiger partial charge in [-0.05, 0) is 36.5 Å². The van der Waals surface area contributed by atoms with Gasteiger partial charge < -0.3 is 15.7 Å². The van der Waals surface area contributed by atoms with Crippen LogP contribution in [-0.4, -0.2) is 24.3 Å². The molecule has 2 amide bonds. The van der Waals surface area contributed by atoms with Crippen molar-refractivity contribution in [2.75, 3.05) is 18.5 Å². The molecule has 1 aromatic carbocycles. The van der Waals surface area contributed by atoms with Crippen molar-refractivity contribution in [1.29, 1.82) is 0 Å². The van der Waals surface area contributed by atoms with Gasteiger partial charge in [-0.25, -0.2) is 4.79 Å². The zero-order valence-corrected chi connectivity index (χ0v) is 12.2. The molecular formula is C14H21ClN2O2. The Kier molecular flexibility index (Phi) is 6.67. The van der Waals surface area contributed by atoms with Gasteiger partial charge in [-0.2, -0.15) is 0 Å². The molecule has 0 aliphatic heterocycles. The Bertz CT molecular complexity index is 436. The first-order valence-corrected chi connectivity index (χ1v) is 6.97. The lowest BCUT2D eigenvalue weighted by Crippen LogP contribution is -2.30. The van der Waals surface area contributed by atoms with E-state index in [0.29, 0.717) is 18.0 Å². The fourth-order valence-electron chi connectivity index (χ4n) is 1.91. The molecular weight excluding hydrogens is 264 g/mol. The van der Waals surface area contributed by atoms with Crippen molar-refractivity contribution in [3.05, 3.63) is 28.3 Å². The summed E-state index contributed by atoms with van der Waals surface area (Å²) in [7, 11) is 0. The highest BCUT2D eigenvalue weighted by Crippen LogP contribution is 2.29. The number of carbonyl (C=O) groups is 1. The van der Waals surface area contributed by atoms with Crippen LogP contribution in [0.1, 0.15) is 31.4 Å². The van der Waals surface area contributed by atoms with Gasteiger partial charge in [0.15, 0.2) is 0 Å². The van der Waals surface area contributed by atoms with E-state index in [1.54, 1.807) is 0 Å². The lowest BCUT2D eigenvalue weighted by Gasteiger charge is -2.16. The molecule has 3 N–H and O–H groups in total. The lowest BCUT2D eigenvalue weighted by molar-refractivity contribution is 0.249. The van der Waals surface area contributed by atoms with E-state index in [1.165, 1.54) is 0 Å². The van der Waals surface area contributed by atoms with Crippen LogP contribution in [0.3, 0.4) is 0 Å². The highest BCUT2D eigenvalue weighted by Gasteiger charge is 2.12. The van der Waals surface area contributed by atoms with Gasteiger partial charge in [-0.15, -0.1) is 0 Å². The Morgan fingerprint density at radius 1 is 1.32 bits per heavy atom. The molecule has 0 aliphatic rings. The van der Waals surface area contributed by atoms with E-state index in [2.05, 4.69) is 10.6 Å². The van der Waals surface area contributed by atoms with Gasteiger partial charge in [0.2, 0.25) is 0 Å². The Morgan fingerprint density at radius 2 is 2.05 bits per heavy atom. The number of carbonyl (C=O) groups excluding carboxylic acids is 1. The van der Waals surface area contributed by atoms with Crippen LogP contribution in [0.15, 0.2) is 12.1 Å². The zero-order valence-electron chi connectivity index (χ0n) is 11.4. The first kappa shape index (κ1) is 15.8. The molecule has 19 heavy (non-hydrogen) atoms. The third-order valence-corrected chi connectivity index (χ3v) is 3.29. The average Bonchev–Trinajstić information content (AvgIpc) is 2.39. The number of benzene rings is 1. The van der Waals surface area contributed by atoms with Crippen LogP contribution in [0.2, 0.25) is 5.02 Å². The molecule has 1 rings (SSSR count). The number of urea groups is 1. The molecule has 0 atom stereocenters. The van der Waals surface area contributed by atoms with E-state index >= 15 is 0 Å². The summed E-state index contributed by atoms with van der Waals surface area (Å²) < 4.78 is 0. The number of hydrogen-bond acceptors (Lipinski definition) is 2. The third-order valence-electron chi connectivity index (χ3n) is 2.94. The molecule has 0 aromatic heterocycles. The summed E-state index contributed by atoms with van der Waals surface area (Å²) in [6, 6.07) is 3.54. The first-order chi connectivity index (χ1) is 9.13. The Balaban J connectivity index is 2.86. The first-order valence-electron chi connectivity index (χ1n) is 6.59. The predicted octanol–water partition coefficient (Wildman–Crippen LogP) is 2.97. The number of halogens is 1. The second-order valence-electron chi connectivity index (χ2n) is 4.23. The summed E-state index contributed by atoms with van der Waals surface area (Å²) in [6.45, 7) is 4.57. The van der Waals surface area contributed by atoms with Gasteiger partial charge in [-0.1, -0.05) is 31.5 Å². The summed E-state index contributed by atoms with van der Waals surface area (Å²) in [4.78, 5) is 11.8.